The molecule has 1 fully saturated rings. The van der Waals surface area contributed by atoms with E-state index in [1.54, 1.807) is 27.7 Å². The molecule has 1 saturated heterocycles. The molecular formula is C13H23NO5. The van der Waals surface area contributed by atoms with Gasteiger partial charge in [-0.15, -0.1) is 0 Å². The molecule has 6 heteroatoms. The van der Waals surface area contributed by atoms with Gasteiger partial charge in [-0.2, -0.15) is 0 Å². The van der Waals surface area contributed by atoms with E-state index < -0.39 is 23.3 Å². The predicted octanol–water partition coefficient (Wildman–Crippen LogP) is 1.88. The highest BCUT2D eigenvalue weighted by Gasteiger charge is 2.45. The quantitative estimate of drug-likeness (QED) is 0.849. The number of amides is 1. The number of carboxylic acid groups (broad SMARTS) is 1. The second kappa shape index (κ2) is 5.77. The zero-order valence-electron chi connectivity index (χ0n) is 12.1. The van der Waals surface area contributed by atoms with E-state index in [0.29, 0.717) is 26.0 Å². The molecule has 19 heavy (non-hydrogen) atoms. The van der Waals surface area contributed by atoms with Crippen molar-refractivity contribution < 1.29 is 24.2 Å². The van der Waals surface area contributed by atoms with Crippen molar-refractivity contribution in [1.82, 2.24) is 4.90 Å². The fourth-order valence-corrected chi connectivity index (χ4v) is 2.13. The minimum absolute atomic E-state index is 0.0328. The van der Waals surface area contributed by atoms with Gasteiger partial charge < -0.3 is 19.5 Å². The van der Waals surface area contributed by atoms with Crippen molar-refractivity contribution in [2.75, 3.05) is 19.7 Å². The average Bonchev–Trinajstić information content (AvgIpc) is 2.27. The molecule has 1 N–H and O–H groups in total. The van der Waals surface area contributed by atoms with Crippen LogP contribution in [0.2, 0.25) is 0 Å². The summed E-state index contributed by atoms with van der Waals surface area (Å²) in [7, 11) is 0. The van der Waals surface area contributed by atoms with Crippen molar-refractivity contribution >= 4 is 12.1 Å². The zero-order valence-corrected chi connectivity index (χ0v) is 12.1. The molecule has 0 aromatic rings. The maximum absolute atomic E-state index is 12.0. The summed E-state index contributed by atoms with van der Waals surface area (Å²) in [5.41, 5.74) is -1.89. The van der Waals surface area contributed by atoms with E-state index in [9.17, 15) is 14.7 Å². The highest BCUT2D eigenvalue weighted by atomic mass is 16.6. The van der Waals surface area contributed by atoms with E-state index in [1.807, 2.05) is 0 Å². The Morgan fingerprint density at radius 3 is 2.47 bits per heavy atom. The molecule has 1 amide bonds. The van der Waals surface area contributed by atoms with Crippen LogP contribution in [-0.4, -0.2) is 53.0 Å². The van der Waals surface area contributed by atoms with E-state index in [2.05, 4.69) is 0 Å². The number of ether oxygens (including phenoxy) is 2. The van der Waals surface area contributed by atoms with Gasteiger partial charge in [-0.05, 0) is 40.5 Å². The first kappa shape index (κ1) is 15.8. The predicted molar refractivity (Wildman–Crippen MR) is 69.0 cm³/mol. The highest BCUT2D eigenvalue weighted by molar-refractivity contribution is 5.79. The van der Waals surface area contributed by atoms with Crippen LogP contribution in [0, 0.1) is 0 Å². The van der Waals surface area contributed by atoms with Gasteiger partial charge in [0.15, 0.2) is 5.60 Å². The van der Waals surface area contributed by atoms with Crippen LogP contribution in [0.5, 0.6) is 0 Å². The number of aliphatic carboxylic acids is 1. The standard InChI is InChI=1S/C13H23NO5/c1-5-18-13(10(15)16)7-6-8-14(9-13)11(17)19-12(2,3)4/h5-9H2,1-4H3,(H,15,16). The largest absolute Gasteiger partial charge is 0.479 e. The Bertz CT molecular complexity index is 345. The molecule has 1 unspecified atom stereocenters. The molecule has 0 aliphatic carbocycles. The summed E-state index contributed by atoms with van der Waals surface area (Å²) in [6, 6.07) is 0. The number of carbonyl (C=O) groups is 2. The first-order valence-electron chi connectivity index (χ1n) is 6.55. The second-order valence-electron chi connectivity index (χ2n) is 5.74. The highest BCUT2D eigenvalue weighted by Crippen LogP contribution is 2.26. The van der Waals surface area contributed by atoms with Crippen LogP contribution in [-0.2, 0) is 14.3 Å². The van der Waals surface area contributed by atoms with Crippen molar-refractivity contribution in [3.63, 3.8) is 0 Å². The van der Waals surface area contributed by atoms with Gasteiger partial charge in [0.25, 0.3) is 0 Å². The molecule has 1 heterocycles. The molecule has 110 valence electrons. The second-order valence-corrected chi connectivity index (χ2v) is 5.74. The van der Waals surface area contributed by atoms with Crippen molar-refractivity contribution in [2.24, 2.45) is 0 Å². The monoisotopic (exact) mass is 273 g/mol. The van der Waals surface area contributed by atoms with E-state index in [-0.39, 0.29) is 6.54 Å². The van der Waals surface area contributed by atoms with Gasteiger partial charge in [0.05, 0.1) is 6.54 Å². The topological polar surface area (TPSA) is 76.1 Å². The summed E-state index contributed by atoms with van der Waals surface area (Å²) in [5.74, 6) is -1.03. The number of nitrogens with zero attached hydrogens (tertiary/aromatic N) is 1. The van der Waals surface area contributed by atoms with Crippen molar-refractivity contribution in [1.29, 1.82) is 0 Å². The summed E-state index contributed by atoms with van der Waals surface area (Å²) < 4.78 is 10.7. The molecular weight excluding hydrogens is 250 g/mol. The lowest BCUT2D eigenvalue weighted by Crippen LogP contribution is -2.56. The lowest BCUT2D eigenvalue weighted by Gasteiger charge is -2.39. The van der Waals surface area contributed by atoms with E-state index in [4.69, 9.17) is 9.47 Å². The minimum Gasteiger partial charge on any atom is -0.479 e. The summed E-state index contributed by atoms with van der Waals surface area (Å²) in [4.78, 5) is 24.8. The molecule has 1 aliphatic heterocycles. The first-order valence-corrected chi connectivity index (χ1v) is 6.55. The Morgan fingerprint density at radius 2 is 2.00 bits per heavy atom. The lowest BCUT2D eigenvalue weighted by molar-refractivity contribution is -0.172. The summed E-state index contributed by atoms with van der Waals surface area (Å²) in [6.45, 7) is 7.92. The van der Waals surface area contributed by atoms with Gasteiger partial charge in [0.1, 0.15) is 5.60 Å². The number of likely N-dealkylation sites (tertiary alicyclic amines) is 1. The van der Waals surface area contributed by atoms with E-state index in [0.717, 1.165) is 0 Å². The fourth-order valence-electron chi connectivity index (χ4n) is 2.13. The summed E-state index contributed by atoms with van der Waals surface area (Å²) in [6.07, 6.45) is 0.513. The number of rotatable bonds is 3. The van der Waals surface area contributed by atoms with Crippen LogP contribution >= 0.6 is 0 Å². The molecule has 1 atom stereocenters. The Kier molecular flexibility index (Phi) is 4.79. The van der Waals surface area contributed by atoms with Gasteiger partial charge in [0.2, 0.25) is 0 Å². The molecule has 0 saturated carbocycles. The third-order valence-corrected chi connectivity index (χ3v) is 2.92. The number of hydrogen-bond acceptors (Lipinski definition) is 4. The Morgan fingerprint density at radius 1 is 1.37 bits per heavy atom. The molecule has 1 aliphatic rings. The maximum atomic E-state index is 12.0. The van der Waals surface area contributed by atoms with Crippen molar-refractivity contribution in [2.45, 2.75) is 51.7 Å². The molecule has 0 bridgehead atoms. The third kappa shape index (κ3) is 4.09. The minimum atomic E-state index is -1.30. The van der Waals surface area contributed by atoms with Crippen LogP contribution < -0.4 is 0 Å². The molecule has 0 radical (unpaired) electrons. The zero-order chi connectivity index (χ0) is 14.7. The maximum Gasteiger partial charge on any atom is 0.410 e. The number of carbonyl (C=O) groups excluding carboxylic acids is 1. The number of carboxylic acids is 1. The van der Waals surface area contributed by atoms with Gasteiger partial charge in [-0.1, -0.05) is 0 Å². The van der Waals surface area contributed by atoms with Gasteiger partial charge in [0, 0.05) is 13.2 Å². The third-order valence-electron chi connectivity index (χ3n) is 2.92. The van der Waals surface area contributed by atoms with E-state index >= 15 is 0 Å². The molecule has 0 aromatic carbocycles. The summed E-state index contributed by atoms with van der Waals surface area (Å²) in [5, 5.41) is 9.35. The normalized spacial score (nSPS) is 24.1. The molecule has 0 aromatic heterocycles. The van der Waals surface area contributed by atoms with Crippen LogP contribution in [0.15, 0.2) is 0 Å². The molecule has 1 rings (SSSR count). The summed E-state index contributed by atoms with van der Waals surface area (Å²) >= 11 is 0. The van der Waals surface area contributed by atoms with E-state index in [1.165, 1.54) is 4.90 Å². The van der Waals surface area contributed by atoms with Crippen LogP contribution in [0.4, 0.5) is 4.79 Å². The number of piperidine rings is 1. The first-order chi connectivity index (χ1) is 8.70. The Balaban J connectivity index is 2.77. The SMILES string of the molecule is CCOC1(C(=O)O)CCCN(C(=O)OC(C)(C)C)C1. The Hall–Kier alpha value is -1.30. The smallest absolute Gasteiger partial charge is 0.410 e. The Labute approximate surface area is 113 Å². The lowest BCUT2D eigenvalue weighted by atomic mass is 9.93. The van der Waals surface area contributed by atoms with Gasteiger partial charge >= 0.3 is 12.1 Å². The molecule has 6 nitrogen and oxygen atoms in total. The van der Waals surface area contributed by atoms with Crippen LogP contribution in [0.3, 0.4) is 0 Å². The fraction of sp³-hybridized carbons (Fsp3) is 0.846. The van der Waals surface area contributed by atoms with Gasteiger partial charge in [-0.25, -0.2) is 9.59 Å². The van der Waals surface area contributed by atoms with Crippen LogP contribution in [0.1, 0.15) is 40.5 Å². The number of hydrogen-bond donors (Lipinski definition) is 1. The van der Waals surface area contributed by atoms with Crippen molar-refractivity contribution in [3.05, 3.63) is 0 Å². The molecule has 0 spiro atoms. The van der Waals surface area contributed by atoms with Gasteiger partial charge in [-0.3, -0.25) is 0 Å². The van der Waals surface area contributed by atoms with Crippen LogP contribution in [0.25, 0.3) is 0 Å². The average molecular weight is 273 g/mol. The van der Waals surface area contributed by atoms with Crippen molar-refractivity contribution in [3.8, 4) is 0 Å².